The van der Waals surface area contributed by atoms with E-state index >= 15 is 0 Å². The van der Waals surface area contributed by atoms with Gasteiger partial charge < -0.3 is 19.7 Å². The molecule has 2 unspecified atom stereocenters. The summed E-state index contributed by atoms with van der Waals surface area (Å²) in [5.41, 5.74) is -0.820. The Kier molecular flexibility index (Phi) is 5.00. The Hall–Kier alpha value is -1.39. The molecule has 3 saturated heterocycles. The van der Waals surface area contributed by atoms with Gasteiger partial charge in [0.1, 0.15) is 5.60 Å². The Morgan fingerprint density at radius 1 is 1.19 bits per heavy atom. The summed E-state index contributed by atoms with van der Waals surface area (Å²) in [6.45, 7) is 2.05. The van der Waals surface area contributed by atoms with Gasteiger partial charge in [-0.25, -0.2) is 13.2 Å². The van der Waals surface area contributed by atoms with E-state index in [1.165, 1.54) is 0 Å². The lowest BCUT2D eigenvalue weighted by molar-refractivity contribution is -0.0761. The molecular weight excluding hydrogens is 454 g/mol. The molecule has 10 heteroatoms. The normalized spacial score (nSPS) is 34.0. The van der Waals surface area contributed by atoms with Gasteiger partial charge in [-0.15, -0.1) is 0 Å². The molecule has 0 spiro atoms. The maximum absolute atomic E-state index is 13.8. The standard InChI is InChI=1S/C22H28ClN3O5S/c23-15-3-5-18(6-4-15)32(28,29)26-19(14-1-2-14)12-30-13-20(26)22(7-8-22)31-21(27)25-11-16-9-17(25)10-24-16/h3-6,14,16-17,19-20,24H,1-2,7-13H2/t16?,17?,19-,20+/m0/s1. The number of rotatable bonds is 5. The molecule has 3 heterocycles. The first-order chi connectivity index (χ1) is 15.4. The third-order valence-corrected chi connectivity index (χ3v) is 9.89. The highest BCUT2D eigenvalue weighted by atomic mass is 35.5. The largest absolute Gasteiger partial charge is 0.441 e. The number of likely N-dealkylation sites (tertiary alicyclic amines) is 1. The number of morpholine rings is 1. The van der Waals surface area contributed by atoms with Crippen LogP contribution >= 0.6 is 11.6 Å². The molecule has 32 heavy (non-hydrogen) atoms. The molecule has 2 saturated carbocycles. The Morgan fingerprint density at radius 2 is 1.94 bits per heavy atom. The molecule has 1 N–H and O–H groups in total. The molecule has 1 aromatic carbocycles. The third-order valence-electron chi connectivity index (χ3n) is 7.69. The minimum Gasteiger partial charge on any atom is -0.441 e. The second-order valence-electron chi connectivity index (χ2n) is 9.83. The molecule has 1 aromatic rings. The zero-order chi connectivity index (χ0) is 22.1. The van der Waals surface area contributed by atoms with Crippen LogP contribution in [0.4, 0.5) is 4.79 Å². The number of nitrogens with zero attached hydrogens (tertiary/aromatic N) is 2. The molecule has 2 aliphatic carbocycles. The quantitative estimate of drug-likeness (QED) is 0.693. The van der Waals surface area contributed by atoms with Crippen molar-refractivity contribution >= 4 is 27.7 Å². The van der Waals surface area contributed by atoms with Crippen molar-refractivity contribution in [2.45, 2.75) is 66.8 Å². The Morgan fingerprint density at radius 3 is 2.53 bits per heavy atom. The van der Waals surface area contributed by atoms with E-state index in [1.54, 1.807) is 33.5 Å². The van der Waals surface area contributed by atoms with Crippen LogP contribution < -0.4 is 5.32 Å². The van der Waals surface area contributed by atoms with Gasteiger partial charge in [0.2, 0.25) is 10.0 Å². The van der Waals surface area contributed by atoms with Gasteiger partial charge in [-0.05, 0) is 62.3 Å². The predicted molar refractivity (Wildman–Crippen MR) is 117 cm³/mol. The number of amides is 1. The Labute approximate surface area is 193 Å². The summed E-state index contributed by atoms with van der Waals surface area (Å²) in [4.78, 5) is 15.1. The summed E-state index contributed by atoms with van der Waals surface area (Å²) >= 11 is 6.00. The van der Waals surface area contributed by atoms with Crippen LogP contribution in [0.5, 0.6) is 0 Å². The van der Waals surface area contributed by atoms with E-state index in [2.05, 4.69) is 5.32 Å². The summed E-state index contributed by atoms with van der Waals surface area (Å²) < 4.78 is 41.3. The van der Waals surface area contributed by atoms with Gasteiger partial charge in [-0.1, -0.05) is 11.6 Å². The minimum atomic E-state index is -3.81. The minimum absolute atomic E-state index is 0.166. The molecule has 5 fully saturated rings. The average Bonchev–Trinajstić information content (AvgIpc) is 3.70. The Bertz CT molecular complexity index is 1010. The first kappa shape index (κ1) is 21.2. The molecule has 2 bridgehead atoms. The zero-order valence-corrected chi connectivity index (χ0v) is 19.4. The molecule has 1 amide bonds. The molecule has 4 atom stereocenters. The monoisotopic (exact) mass is 481 g/mol. The van der Waals surface area contributed by atoms with Crippen molar-refractivity contribution in [2.75, 3.05) is 26.3 Å². The van der Waals surface area contributed by atoms with Crippen LogP contribution in [0.1, 0.15) is 32.1 Å². The average molecular weight is 482 g/mol. The van der Waals surface area contributed by atoms with Gasteiger partial charge in [0.05, 0.1) is 30.2 Å². The van der Waals surface area contributed by atoms with E-state index in [1.807, 2.05) is 0 Å². The fourth-order valence-electron chi connectivity index (χ4n) is 5.60. The third kappa shape index (κ3) is 3.53. The van der Waals surface area contributed by atoms with Crippen LogP contribution in [-0.4, -0.2) is 79.8 Å². The van der Waals surface area contributed by atoms with Crippen LogP contribution in [0.3, 0.4) is 0 Å². The summed E-state index contributed by atoms with van der Waals surface area (Å²) in [6.07, 6.45) is 3.91. The van der Waals surface area contributed by atoms with E-state index < -0.39 is 21.7 Å². The van der Waals surface area contributed by atoms with Crippen molar-refractivity contribution in [3.05, 3.63) is 29.3 Å². The van der Waals surface area contributed by atoms with E-state index in [9.17, 15) is 13.2 Å². The first-order valence-electron chi connectivity index (χ1n) is 11.5. The van der Waals surface area contributed by atoms with Gasteiger partial charge in [-0.3, -0.25) is 0 Å². The van der Waals surface area contributed by atoms with Crippen LogP contribution in [0.25, 0.3) is 0 Å². The number of carbonyl (C=O) groups is 1. The summed E-state index contributed by atoms with van der Waals surface area (Å²) in [5.74, 6) is 0.284. The fourth-order valence-corrected chi connectivity index (χ4v) is 7.63. The van der Waals surface area contributed by atoms with Gasteiger partial charge >= 0.3 is 6.09 Å². The SMILES string of the molecule is O=C(OC1([C@H]2COC[C@@H](C3CC3)N2S(=O)(=O)c2ccc(Cl)cc2)CC1)N1CC2CC1CN2. The maximum atomic E-state index is 13.8. The van der Waals surface area contributed by atoms with Crippen LogP contribution in [-0.2, 0) is 19.5 Å². The summed E-state index contributed by atoms with van der Waals surface area (Å²) in [7, 11) is -3.81. The molecule has 6 rings (SSSR count). The highest BCUT2D eigenvalue weighted by Crippen LogP contribution is 2.50. The number of sulfonamides is 1. The van der Waals surface area contributed by atoms with Crippen molar-refractivity contribution in [1.29, 1.82) is 0 Å². The smallest absolute Gasteiger partial charge is 0.410 e. The molecule has 3 aliphatic heterocycles. The maximum Gasteiger partial charge on any atom is 0.410 e. The lowest BCUT2D eigenvalue weighted by Crippen LogP contribution is -2.62. The number of ether oxygens (including phenoxy) is 2. The van der Waals surface area contributed by atoms with E-state index in [0.29, 0.717) is 37.1 Å². The number of piperazine rings is 1. The molecule has 5 aliphatic rings. The number of halogens is 1. The van der Waals surface area contributed by atoms with E-state index in [0.717, 1.165) is 25.8 Å². The summed E-state index contributed by atoms with van der Waals surface area (Å²) in [6, 6.07) is 6.03. The lowest BCUT2D eigenvalue weighted by atomic mass is 10.0. The molecule has 0 aromatic heterocycles. The van der Waals surface area contributed by atoms with E-state index in [4.69, 9.17) is 21.1 Å². The highest BCUT2D eigenvalue weighted by Gasteiger charge is 2.62. The predicted octanol–water partition coefficient (Wildman–Crippen LogP) is 2.22. The number of fused-ring (bicyclic) bond motifs is 2. The van der Waals surface area contributed by atoms with Crippen molar-refractivity contribution < 1.29 is 22.7 Å². The fraction of sp³-hybridized carbons (Fsp3) is 0.682. The lowest BCUT2D eigenvalue weighted by Gasteiger charge is -2.44. The first-order valence-corrected chi connectivity index (χ1v) is 13.3. The second-order valence-corrected chi connectivity index (χ2v) is 12.1. The van der Waals surface area contributed by atoms with Gasteiger partial charge in [0, 0.05) is 30.2 Å². The number of hydrogen-bond donors (Lipinski definition) is 1. The number of carbonyl (C=O) groups excluding carboxylic acids is 1. The van der Waals surface area contributed by atoms with Crippen molar-refractivity contribution in [1.82, 2.24) is 14.5 Å². The van der Waals surface area contributed by atoms with Gasteiger partial charge in [0.25, 0.3) is 0 Å². The van der Waals surface area contributed by atoms with Crippen LogP contribution in [0.2, 0.25) is 5.02 Å². The molecular formula is C22H28ClN3O5S. The number of nitrogens with one attached hydrogen (secondary N) is 1. The van der Waals surface area contributed by atoms with Crippen LogP contribution in [0.15, 0.2) is 29.2 Å². The van der Waals surface area contributed by atoms with Crippen molar-refractivity contribution in [3.63, 3.8) is 0 Å². The van der Waals surface area contributed by atoms with E-state index in [-0.39, 0.29) is 35.6 Å². The topological polar surface area (TPSA) is 88.2 Å². The number of hydrogen-bond acceptors (Lipinski definition) is 6. The van der Waals surface area contributed by atoms with Crippen molar-refractivity contribution in [2.24, 2.45) is 5.92 Å². The zero-order valence-electron chi connectivity index (χ0n) is 17.8. The Balaban J connectivity index is 1.30. The molecule has 8 nitrogen and oxygen atoms in total. The molecule has 174 valence electrons. The second kappa shape index (κ2) is 7.56. The van der Waals surface area contributed by atoms with Crippen LogP contribution in [0, 0.1) is 5.92 Å². The highest BCUT2D eigenvalue weighted by molar-refractivity contribution is 7.89. The number of benzene rings is 1. The van der Waals surface area contributed by atoms with Gasteiger partial charge in [-0.2, -0.15) is 4.31 Å². The molecule has 0 radical (unpaired) electrons. The van der Waals surface area contributed by atoms with Crippen molar-refractivity contribution in [3.8, 4) is 0 Å². The summed E-state index contributed by atoms with van der Waals surface area (Å²) in [5, 5.41) is 3.88. The van der Waals surface area contributed by atoms with Gasteiger partial charge in [0.15, 0.2) is 0 Å².